The van der Waals surface area contributed by atoms with E-state index in [1.54, 1.807) is 7.05 Å². The van der Waals surface area contributed by atoms with Gasteiger partial charge < -0.3 is 15.7 Å². The SMILES string of the molecule is CNC(CNc1cccc(C)c1)C(=O)O. The molecule has 4 heteroatoms. The molecule has 1 unspecified atom stereocenters. The van der Waals surface area contributed by atoms with Gasteiger partial charge in [-0.05, 0) is 31.7 Å². The van der Waals surface area contributed by atoms with Crippen molar-refractivity contribution in [1.29, 1.82) is 0 Å². The van der Waals surface area contributed by atoms with Crippen molar-refractivity contribution < 1.29 is 9.90 Å². The predicted octanol–water partition coefficient (Wildman–Crippen LogP) is 1.08. The summed E-state index contributed by atoms with van der Waals surface area (Å²) in [6.07, 6.45) is 0. The molecular formula is C11H16N2O2. The second kappa shape index (κ2) is 5.36. The Morgan fingerprint density at radius 2 is 2.27 bits per heavy atom. The first-order valence-corrected chi connectivity index (χ1v) is 4.84. The largest absolute Gasteiger partial charge is 0.480 e. The lowest BCUT2D eigenvalue weighted by molar-refractivity contribution is -0.138. The summed E-state index contributed by atoms with van der Waals surface area (Å²) in [6.45, 7) is 2.37. The quantitative estimate of drug-likeness (QED) is 0.677. The Morgan fingerprint density at radius 1 is 1.53 bits per heavy atom. The number of hydrogen-bond donors (Lipinski definition) is 3. The molecule has 1 rings (SSSR count). The zero-order valence-corrected chi connectivity index (χ0v) is 8.95. The standard InChI is InChI=1S/C11H16N2O2/c1-8-4-3-5-9(6-8)13-7-10(12-2)11(14)15/h3-6,10,12-13H,7H2,1-2H3,(H,14,15). The Labute approximate surface area is 89.3 Å². The molecule has 1 atom stereocenters. The van der Waals surface area contributed by atoms with E-state index in [4.69, 9.17) is 5.11 Å². The van der Waals surface area contributed by atoms with Crippen LogP contribution in [0.4, 0.5) is 5.69 Å². The van der Waals surface area contributed by atoms with E-state index < -0.39 is 12.0 Å². The van der Waals surface area contributed by atoms with Crippen LogP contribution in [0.25, 0.3) is 0 Å². The van der Waals surface area contributed by atoms with E-state index in [0.29, 0.717) is 6.54 Å². The fraction of sp³-hybridized carbons (Fsp3) is 0.364. The molecule has 0 spiro atoms. The van der Waals surface area contributed by atoms with Gasteiger partial charge in [-0.2, -0.15) is 0 Å². The third-order valence-electron chi connectivity index (χ3n) is 2.17. The highest BCUT2D eigenvalue weighted by atomic mass is 16.4. The fourth-order valence-corrected chi connectivity index (χ4v) is 1.29. The highest BCUT2D eigenvalue weighted by Crippen LogP contribution is 2.09. The van der Waals surface area contributed by atoms with Crippen molar-refractivity contribution in [1.82, 2.24) is 5.32 Å². The summed E-state index contributed by atoms with van der Waals surface area (Å²) in [4.78, 5) is 10.7. The number of carbonyl (C=O) groups is 1. The van der Waals surface area contributed by atoms with Gasteiger partial charge >= 0.3 is 5.97 Å². The molecule has 0 aliphatic heterocycles. The number of anilines is 1. The minimum absolute atomic E-state index is 0.370. The highest BCUT2D eigenvalue weighted by molar-refractivity contribution is 5.74. The molecule has 0 heterocycles. The lowest BCUT2D eigenvalue weighted by Gasteiger charge is -2.13. The van der Waals surface area contributed by atoms with E-state index in [1.807, 2.05) is 31.2 Å². The summed E-state index contributed by atoms with van der Waals surface area (Å²) >= 11 is 0. The zero-order valence-electron chi connectivity index (χ0n) is 8.95. The molecule has 1 aromatic rings. The van der Waals surface area contributed by atoms with Gasteiger partial charge in [0.05, 0.1) is 0 Å². The van der Waals surface area contributed by atoms with E-state index in [2.05, 4.69) is 10.6 Å². The highest BCUT2D eigenvalue weighted by Gasteiger charge is 2.13. The molecule has 15 heavy (non-hydrogen) atoms. The van der Waals surface area contributed by atoms with Gasteiger partial charge in [-0.25, -0.2) is 0 Å². The van der Waals surface area contributed by atoms with Crippen LogP contribution in [0.15, 0.2) is 24.3 Å². The second-order valence-electron chi connectivity index (χ2n) is 3.43. The first-order valence-electron chi connectivity index (χ1n) is 4.84. The van der Waals surface area contributed by atoms with Gasteiger partial charge in [-0.15, -0.1) is 0 Å². The maximum atomic E-state index is 10.7. The van der Waals surface area contributed by atoms with Gasteiger partial charge in [0, 0.05) is 12.2 Å². The normalized spacial score (nSPS) is 12.1. The van der Waals surface area contributed by atoms with E-state index in [0.717, 1.165) is 11.3 Å². The van der Waals surface area contributed by atoms with Gasteiger partial charge in [0.2, 0.25) is 0 Å². The summed E-state index contributed by atoms with van der Waals surface area (Å²) in [6, 6.07) is 7.27. The Kier molecular flexibility index (Phi) is 4.12. The van der Waals surface area contributed by atoms with E-state index in [1.165, 1.54) is 0 Å². The van der Waals surface area contributed by atoms with Crippen LogP contribution in [-0.4, -0.2) is 30.7 Å². The smallest absolute Gasteiger partial charge is 0.322 e. The minimum atomic E-state index is -0.849. The van der Waals surface area contributed by atoms with Crippen LogP contribution in [0.3, 0.4) is 0 Å². The molecule has 0 saturated heterocycles. The van der Waals surface area contributed by atoms with Crippen molar-refractivity contribution in [3.05, 3.63) is 29.8 Å². The van der Waals surface area contributed by atoms with Crippen molar-refractivity contribution in [2.24, 2.45) is 0 Å². The summed E-state index contributed by atoms with van der Waals surface area (Å²) in [5.41, 5.74) is 2.09. The van der Waals surface area contributed by atoms with Crippen molar-refractivity contribution in [3.8, 4) is 0 Å². The molecule has 0 aliphatic carbocycles. The van der Waals surface area contributed by atoms with E-state index in [9.17, 15) is 4.79 Å². The number of aliphatic carboxylic acids is 1. The number of carboxylic acids is 1. The lowest BCUT2D eigenvalue weighted by Crippen LogP contribution is -2.39. The summed E-state index contributed by atoms with van der Waals surface area (Å²) in [7, 11) is 1.64. The van der Waals surface area contributed by atoms with Crippen LogP contribution < -0.4 is 10.6 Å². The molecule has 0 aliphatic rings. The number of carboxylic acid groups (broad SMARTS) is 1. The molecule has 0 fully saturated rings. The molecule has 0 saturated carbocycles. The number of nitrogens with one attached hydrogen (secondary N) is 2. The van der Waals surface area contributed by atoms with Crippen LogP contribution >= 0.6 is 0 Å². The third-order valence-corrected chi connectivity index (χ3v) is 2.17. The average Bonchev–Trinajstić information content (AvgIpc) is 2.18. The monoisotopic (exact) mass is 208 g/mol. The third kappa shape index (κ3) is 3.59. The number of benzene rings is 1. The van der Waals surface area contributed by atoms with Crippen LogP contribution in [-0.2, 0) is 4.79 Å². The van der Waals surface area contributed by atoms with Crippen molar-refractivity contribution in [2.75, 3.05) is 18.9 Å². The van der Waals surface area contributed by atoms with Gasteiger partial charge in [0.15, 0.2) is 0 Å². The van der Waals surface area contributed by atoms with E-state index in [-0.39, 0.29) is 0 Å². The minimum Gasteiger partial charge on any atom is -0.480 e. The molecular weight excluding hydrogens is 192 g/mol. The Morgan fingerprint density at radius 3 is 2.80 bits per heavy atom. The zero-order chi connectivity index (χ0) is 11.3. The summed E-state index contributed by atoms with van der Waals surface area (Å²) < 4.78 is 0. The van der Waals surface area contributed by atoms with Crippen LogP contribution in [0, 0.1) is 6.92 Å². The van der Waals surface area contributed by atoms with Crippen molar-refractivity contribution >= 4 is 11.7 Å². The first-order chi connectivity index (χ1) is 7.13. The van der Waals surface area contributed by atoms with Crippen LogP contribution in [0.5, 0.6) is 0 Å². The molecule has 0 bridgehead atoms. The summed E-state index contributed by atoms with van der Waals surface area (Å²) in [5, 5.41) is 14.6. The number of rotatable bonds is 5. The van der Waals surface area contributed by atoms with Gasteiger partial charge in [0.25, 0.3) is 0 Å². The Balaban J connectivity index is 2.52. The molecule has 1 aromatic carbocycles. The molecule has 0 radical (unpaired) electrons. The number of likely N-dealkylation sites (N-methyl/N-ethyl adjacent to an activating group) is 1. The van der Waals surface area contributed by atoms with Crippen molar-refractivity contribution in [2.45, 2.75) is 13.0 Å². The molecule has 82 valence electrons. The molecule has 0 aromatic heterocycles. The average molecular weight is 208 g/mol. The molecule has 0 amide bonds. The van der Waals surface area contributed by atoms with Gasteiger partial charge in [0.1, 0.15) is 6.04 Å². The molecule has 4 nitrogen and oxygen atoms in total. The van der Waals surface area contributed by atoms with Crippen LogP contribution in [0.1, 0.15) is 5.56 Å². The Hall–Kier alpha value is -1.55. The first kappa shape index (κ1) is 11.5. The Bertz CT molecular complexity index is 339. The maximum Gasteiger partial charge on any atom is 0.322 e. The fourth-order valence-electron chi connectivity index (χ4n) is 1.29. The topological polar surface area (TPSA) is 61.4 Å². The van der Waals surface area contributed by atoms with E-state index >= 15 is 0 Å². The lowest BCUT2D eigenvalue weighted by atomic mass is 10.2. The second-order valence-corrected chi connectivity index (χ2v) is 3.43. The molecule has 3 N–H and O–H groups in total. The van der Waals surface area contributed by atoms with Crippen LogP contribution in [0.2, 0.25) is 0 Å². The maximum absolute atomic E-state index is 10.7. The van der Waals surface area contributed by atoms with Crippen molar-refractivity contribution in [3.63, 3.8) is 0 Å². The number of hydrogen-bond acceptors (Lipinski definition) is 3. The predicted molar refractivity (Wildman–Crippen MR) is 60.2 cm³/mol. The van der Waals surface area contributed by atoms with Gasteiger partial charge in [-0.3, -0.25) is 4.79 Å². The van der Waals surface area contributed by atoms with Gasteiger partial charge in [-0.1, -0.05) is 12.1 Å². The summed E-state index contributed by atoms with van der Waals surface area (Å²) in [5.74, 6) is -0.849. The number of aryl methyl sites for hydroxylation is 1.